The normalized spacial score (nSPS) is 15.7. The second kappa shape index (κ2) is 7.89. The molecular formula is C17H21N5O3. The quantitative estimate of drug-likeness (QED) is 0.879. The molecular weight excluding hydrogens is 322 g/mol. The Kier molecular flexibility index (Phi) is 5.39. The summed E-state index contributed by atoms with van der Waals surface area (Å²) in [6.45, 7) is 3.49. The van der Waals surface area contributed by atoms with Crippen molar-refractivity contribution in [3.05, 3.63) is 42.0 Å². The van der Waals surface area contributed by atoms with Crippen molar-refractivity contribution in [3.63, 3.8) is 0 Å². The molecule has 2 N–H and O–H groups in total. The number of hydrogen-bond donors (Lipinski definition) is 2. The highest BCUT2D eigenvalue weighted by Gasteiger charge is 2.26. The average molecular weight is 343 g/mol. The fraction of sp³-hybridized carbons (Fsp3) is 0.412. The number of likely N-dealkylation sites (tertiary alicyclic amines) is 1. The van der Waals surface area contributed by atoms with Gasteiger partial charge in [-0.05, 0) is 45.0 Å². The first-order chi connectivity index (χ1) is 12.1. The molecule has 3 rings (SSSR count). The zero-order valence-corrected chi connectivity index (χ0v) is 14.1. The summed E-state index contributed by atoms with van der Waals surface area (Å²) in [7, 11) is 0. The topological polar surface area (TPSA) is 100 Å². The highest BCUT2D eigenvalue weighted by atomic mass is 16.5. The molecule has 0 bridgehead atoms. The van der Waals surface area contributed by atoms with E-state index in [4.69, 9.17) is 4.52 Å². The molecule has 0 radical (unpaired) electrons. The second-order valence-corrected chi connectivity index (χ2v) is 6.10. The number of piperidine rings is 1. The Balaban J connectivity index is 1.41. The molecule has 132 valence electrons. The number of aromatic nitrogens is 2. The Hall–Kier alpha value is -2.74. The number of nitrogens with one attached hydrogen (secondary N) is 2. The van der Waals surface area contributed by atoms with Crippen molar-refractivity contribution in [2.45, 2.75) is 25.7 Å². The molecule has 0 atom stereocenters. The molecule has 8 nitrogen and oxygen atoms in total. The van der Waals surface area contributed by atoms with Crippen LogP contribution in [0.4, 0.5) is 10.5 Å². The van der Waals surface area contributed by atoms with E-state index in [9.17, 15) is 9.59 Å². The van der Waals surface area contributed by atoms with Gasteiger partial charge >= 0.3 is 6.03 Å². The molecule has 1 aliphatic heterocycles. The Labute approximate surface area is 145 Å². The van der Waals surface area contributed by atoms with Crippen LogP contribution in [0, 0.1) is 6.92 Å². The van der Waals surface area contributed by atoms with E-state index in [0.717, 1.165) is 25.9 Å². The molecule has 1 aromatic heterocycles. The summed E-state index contributed by atoms with van der Waals surface area (Å²) in [6.07, 6.45) is 1.70. The molecule has 3 amide bonds. The molecule has 8 heteroatoms. The fourth-order valence-electron chi connectivity index (χ4n) is 2.87. The third kappa shape index (κ3) is 4.87. The number of para-hydroxylation sites is 1. The first-order valence-corrected chi connectivity index (χ1v) is 8.28. The number of anilines is 1. The van der Waals surface area contributed by atoms with Crippen LogP contribution in [0.2, 0.25) is 0 Å². The molecule has 1 aromatic carbocycles. The molecule has 2 heterocycles. The highest BCUT2D eigenvalue weighted by Crippen LogP contribution is 2.26. The third-order valence-electron chi connectivity index (χ3n) is 4.13. The van der Waals surface area contributed by atoms with Crippen molar-refractivity contribution in [2.75, 3.05) is 25.0 Å². The third-order valence-corrected chi connectivity index (χ3v) is 4.13. The maximum Gasteiger partial charge on any atom is 0.325 e. The number of hydrogen-bond acceptors (Lipinski definition) is 6. The summed E-state index contributed by atoms with van der Waals surface area (Å²) in [6, 6.07) is 8.47. The summed E-state index contributed by atoms with van der Waals surface area (Å²) in [5.41, 5.74) is 0.642. The van der Waals surface area contributed by atoms with Crippen molar-refractivity contribution in [2.24, 2.45) is 0 Å². The van der Waals surface area contributed by atoms with Gasteiger partial charge in [-0.25, -0.2) is 4.79 Å². The zero-order chi connectivity index (χ0) is 17.6. The summed E-state index contributed by atoms with van der Waals surface area (Å²) >= 11 is 0. The molecule has 0 saturated carbocycles. The number of carbonyl (C=O) groups excluding carboxylic acids is 2. The van der Waals surface area contributed by atoms with Crippen molar-refractivity contribution in [1.29, 1.82) is 0 Å². The van der Waals surface area contributed by atoms with E-state index in [-0.39, 0.29) is 18.4 Å². The number of aryl methyl sites for hydroxylation is 1. The van der Waals surface area contributed by atoms with Gasteiger partial charge in [-0.2, -0.15) is 4.98 Å². The fourth-order valence-corrected chi connectivity index (χ4v) is 2.87. The summed E-state index contributed by atoms with van der Waals surface area (Å²) < 4.78 is 5.22. The minimum atomic E-state index is -0.521. The van der Waals surface area contributed by atoms with Gasteiger partial charge in [0.25, 0.3) is 0 Å². The van der Waals surface area contributed by atoms with Gasteiger partial charge in [0.05, 0.1) is 6.54 Å². The van der Waals surface area contributed by atoms with Gasteiger partial charge in [0.2, 0.25) is 11.8 Å². The van der Waals surface area contributed by atoms with E-state index in [0.29, 0.717) is 17.4 Å². The molecule has 1 fully saturated rings. The van der Waals surface area contributed by atoms with Gasteiger partial charge < -0.3 is 9.84 Å². The lowest BCUT2D eigenvalue weighted by Gasteiger charge is -2.29. The van der Waals surface area contributed by atoms with Crippen molar-refractivity contribution in [3.8, 4) is 0 Å². The lowest BCUT2D eigenvalue weighted by Crippen LogP contribution is -2.44. The second-order valence-electron chi connectivity index (χ2n) is 6.10. The first-order valence-electron chi connectivity index (χ1n) is 8.28. The standard InChI is InChI=1S/C17H21N5O3/c1-12-18-16(25-21-12)13-7-9-22(10-8-13)11-15(23)20-17(24)19-14-5-3-2-4-6-14/h2-6,13H,7-11H2,1H3,(H2,19,20,23,24). The Morgan fingerprint density at radius 2 is 1.96 bits per heavy atom. The lowest BCUT2D eigenvalue weighted by atomic mass is 9.97. The number of carbonyl (C=O) groups is 2. The van der Waals surface area contributed by atoms with Crippen LogP contribution in [-0.4, -0.2) is 46.6 Å². The maximum absolute atomic E-state index is 12.0. The van der Waals surface area contributed by atoms with Gasteiger partial charge in [0.1, 0.15) is 0 Å². The van der Waals surface area contributed by atoms with Crippen molar-refractivity contribution < 1.29 is 14.1 Å². The molecule has 1 aliphatic rings. The lowest BCUT2D eigenvalue weighted by molar-refractivity contribution is -0.121. The molecule has 0 spiro atoms. The van der Waals surface area contributed by atoms with Crippen LogP contribution >= 0.6 is 0 Å². The van der Waals surface area contributed by atoms with E-state index in [1.807, 2.05) is 23.1 Å². The summed E-state index contributed by atoms with van der Waals surface area (Å²) in [5, 5.41) is 8.79. The van der Waals surface area contributed by atoms with Gasteiger partial charge in [-0.1, -0.05) is 23.4 Å². The van der Waals surface area contributed by atoms with Crippen molar-refractivity contribution in [1.82, 2.24) is 20.4 Å². The average Bonchev–Trinajstić information content (AvgIpc) is 3.02. The molecule has 0 aliphatic carbocycles. The Bertz CT molecular complexity index is 723. The van der Waals surface area contributed by atoms with E-state index in [1.165, 1.54) is 0 Å². The van der Waals surface area contributed by atoms with Crippen LogP contribution in [0.25, 0.3) is 0 Å². The number of imide groups is 1. The van der Waals surface area contributed by atoms with Crippen LogP contribution < -0.4 is 10.6 Å². The predicted molar refractivity (Wildman–Crippen MR) is 91.1 cm³/mol. The minimum Gasteiger partial charge on any atom is -0.339 e. The summed E-state index contributed by atoms with van der Waals surface area (Å²) in [4.78, 5) is 30.1. The van der Waals surface area contributed by atoms with Gasteiger partial charge in [-0.3, -0.25) is 15.0 Å². The van der Waals surface area contributed by atoms with Gasteiger partial charge in [0, 0.05) is 11.6 Å². The Morgan fingerprint density at radius 3 is 2.60 bits per heavy atom. The molecule has 0 unspecified atom stereocenters. The monoisotopic (exact) mass is 343 g/mol. The van der Waals surface area contributed by atoms with E-state index in [1.54, 1.807) is 19.1 Å². The van der Waals surface area contributed by atoms with Crippen LogP contribution in [-0.2, 0) is 4.79 Å². The minimum absolute atomic E-state index is 0.192. The molecule has 1 saturated heterocycles. The highest BCUT2D eigenvalue weighted by molar-refractivity contribution is 6.01. The van der Waals surface area contributed by atoms with E-state index in [2.05, 4.69) is 20.8 Å². The van der Waals surface area contributed by atoms with Gasteiger partial charge in [0.15, 0.2) is 5.82 Å². The Morgan fingerprint density at radius 1 is 1.24 bits per heavy atom. The number of benzene rings is 1. The SMILES string of the molecule is Cc1noc(C2CCN(CC(=O)NC(=O)Nc3ccccc3)CC2)n1. The van der Waals surface area contributed by atoms with Gasteiger partial charge in [-0.15, -0.1) is 0 Å². The number of amides is 3. The number of nitrogens with zero attached hydrogens (tertiary/aromatic N) is 3. The van der Waals surface area contributed by atoms with Crippen molar-refractivity contribution >= 4 is 17.6 Å². The number of urea groups is 1. The number of rotatable bonds is 4. The largest absolute Gasteiger partial charge is 0.339 e. The van der Waals surface area contributed by atoms with E-state index < -0.39 is 6.03 Å². The molecule has 2 aromatic rings. The van der Waals surface area contributed by atoms with Crippen LogP contribution in [0.3, 0.4) is 0 Å². The van der Waals surface area contributed by atoms with Crippen LogP contribution in [0.1, 0.15) is 30.5 Å². The molecule has 25 heavy (non-hydrogen) atoms. The first kappa shape index (κ1) is 17.1. The van der Waals surface area contributed by atoms with Crippen LogP contribution in [0.15, 0.2) is 34.9 Å². The predicted octanol–water partition coefficient (Wildman–Crippen LogP) is 1.91. The smallest absolute Gasteiger partial charge is 0.325 e. The maximum atomic E-state index is 12.0. The van der Waals surface area contributed by atoms with E-state index >= 15 is 0 Å². The zero-order valence-electron chi connectivity index (χ0n) is 14.1. The summed E-state index contributed by atoms with van der Waals surface area (Å²) in [5.74, 6) is 1.23. The van der Waals surface area contributed by atoms with Crippen LogP contribution in [0.5, 0.6) is 0 Å².